The molecule has 1 saturated heterocycles. The lowest BCUT2D eigenvalue weighted by molar-refractivity contribution is -0.139. The van der Waals surface area contributed by atoms with Gasteiger partial charge in [-0.1, -0.05) is 25.7 Å². The van der Waals surface area contributed by atoms with Crippen molar-refractivity contribution < 1.29 is 32.5 Å². The number of hydrogen-bond donors (Lipinski definition) is 1. The highest BCUT2D eigenvalue weighted by Gasteiger charge is 2.41. The molecule has 1 fully saturated rings. The number of carbonyl (C=O) groups is 1. The molecule has 1 aromatic heterocycles. The Kier molecular flexibility index (Phi) is 8.83. The van der Waals surface area contributed by atoms with Gasteiger partial charge in [-0.15, -0.1) is 0 Å². The molecule has 0 aliphatic carbocycles. The first-order valence-corrected chi connectivity index (χ1v) is 15.6. The van der Waals surface area contributed by atoms with Gasteiger partial charge < -0.3 is 19.5 Å². The van der Waals surface area contributed by atoms with Gasteiger partial charge in [-0.2, -0.15) is 18.3 Å². The molecule has 2 aromatic rings. The smallest absolute Gasteiger partial charge is 0.423 e. The number of benzene rings is 1. The molecule has 36 heavy (non-hydrogen) atoms. The maximum atomic E-state index is 14.1. The summed E-state index contributed by atoms with van der Waals surface area (Å²) in [5.41, 5.74) is -2.75. The van der Waals surface area contributed by atoms with Gasteiger partial charge in [0.1, 0.15) is 24.7 Å². The van der Waals surface area contributed by atoms with Crippen LogP contribution in [0.25, 0.3) is 0 Å². The van der Waals surface area contributed by atoms with E-state index in [0.717, 1.165) is 18.7 Å². The quantitative estimate of drug-likeness (QED) is 0.353. The molecule has 1 N–H and O–H groups in total. The number of aromatic nitrogens is 2. The molecule has 12 heteroatoms. The van der Waals surface area contributed by atoms with E-state index < -0.39 is 37.4 Å². The zero-order chi connectivity index (χ0) is 26.5. The number of hydrogen-bond acceptors (Lipinski definition) is 6. The number of rotatable bonds is 10. The fourth-order valence-electron chi connectivity index (χ4n) is 3.99. The minimum Gasteiger partial charge on any atom is -0.491 e. The zero-order valence-corrected chi connectivity index (χ0v) is 21.7. The van der Waals surface area contributed by atoms with Crippen molar-refractivity contribution in [2.24, 2.45) is 0 Å². The average Bonchev–Trinajstić information content (AvgIpc) is 2.80. The lowest BCUT2D eigenvalue weighted by Gasteiger charge is -2.38. The third kappa shape index (κ3) is 7.32. The summed E-state index contributed by atoms with van der Waals surface area (Å²) >= 11 is 0. The number of carboxylic acid groups (broad SMARTS) is 1. The van der Waals surface area contributed by atoms with Crippen LogP contribution in [0.2, 0.25) is 25.7 Å². The van der Waals surface area contributed by atoms with E-state index in [0.29, 0.717) is 36.4 Å². The number of nitrogens with zero attached hydrogens (tertiary/aromatic N) is 3. The minimum atomic E-state index is -4.88. The third-order valence-electron chi connectivity index (χ3n) is 5.98. The molecule has 198 valence electrons. The molecule has 1 aromatic carbocycles. The second-order valence-corrected chi connectivity index (χ2v) is 15.7. The van der Waals surface area contributed by atoms with E-state index in [1.54, 1.807) is 6.07 Å². The SMILES string of the molecule is C[Si](C)(C)CCOCn1ncc(N2CCCCC2COc2cccc(C(=O)O)c2)c(C(F)(F)F)c1=O. The van der Waals surface area contributed by atoms with Crippen LogP contribution in [0.15, 0.2) is 35.3 Å². The van der Waals surface area contributed by atoms with Gasteiger partial charge >= 0.3 is 12.1 Å². The van der Waals surface area contributed by atoms with E-state index in [9.17, 15) is 22.8 Å². The Morgan fingerprint density at radius 3 is 2.67 bits per heavy atom. The van der Waals surface area contributed by atoms with Crippen LogP contribution >= 0.6 is 0 Å². The molecular formula is C24H32F3N3O5Si. The van der Waals surface area contributed by atoms with Crippen LogP contribution in [-0.4, -0.2) is 54.7 Å². The third-order valence-corrected chi connectivity index (χ3v) is 7.68. The molecule has 0 amide bonds. The lowest BCUT2D eigenvalue weighted by atomic mass is 10.0. The summed E-state index contributed by atoms with van der Waals surface area (Å²) in [5.74, 6) is -0.800. The van der Waals surface area contributed by atoms with E-state index >= 15 is 0 Å². The number of aromatic carboxylic acids is 1. The van der Waals surface area contributed by atoms with Crippen molar-refractivity contribution in [3.05, 3.63) is 51.9 Å². The summed E-state index contributed by atoms with van der Waals surface area (Å²) in [5, 5.41) is 13.1. The standard InChI is InChI=1S/C24H32F3N3O5Si/c1-36(2,3)12-11-34-16-30-22(31)21(24(25,26)27)20(14-28-30)29-10-5-4-8-18(29)15-35-19-9-6-7-17(13-19)23(32)33/h6-7,9,13-14,18H,4-5,8,10-12,15-16H2,1-3H3,(H,32,33). The fraction of sp³-hybridized carbons (Fsp3) is 0.542. The van der Waals surface area contributed by atoms with Gasteiger partial charge in [0.15, 0.2) is 0 Å². The molecule has 8 nitrogen and oxygen atoms in total. The molecule has 0 bridgehead atoms. The Hall–Kier alpha value is -2.86. The Morgan fingerprint density at radius 1 is 1.25 bits per heavy atom. The van der Waals surface area contributed by atoms with Gasteiger partial charge in [0.05, 0.1) is 23.5 Å². The van der Waals surface area contributed by atoms with Crippen LogP contribution in [0, 0.1) is 0 Å². The van der Waals surface area contributed by atoms with Crippen molar-refractivity contribution in [2.45, 2.75) is 63.9 Å². The van der Waals surface area contributed by atoms with E-state index in [2.05, 4.69) is 24.7 Å². The topological polar surface area (TPSA) is 93.9 Å². The van der Waals surface area contributed by atoms with Crippen LogP contribution in [0.5, 0.6) is 5.75 Å². The predicted octanol–water partition coefficient (Wildman–Crippen LogP) is 4.71. The molecule has 0 radical (unpaired) electrons. The maximum Gasteiger partial charge on any atom is 0.423 e. The van der Waals surface area contributed by atoms with Crippen molar-refractivity contribution in [3.63, 3.8) is 0 Å². The number of carboxylic acids is 1. The van der Waals surface area contributed by atoms with E-state index in [1.807, 2.05) is 0 Å². The Morgan fingerprint density at radius 2 is 2.00 bits per heavy atom. The fourth-order valence-corrected chi connectivity index (χ4v) is 4.74. The number of halogens is 3. The van der Waals surface area contributed by atoms with Crippen LogP contribution in [0.4, 0.5) is 18.9 Å². The summed E-state index contributed by atoms with van der Waals surface area (Å²) in [6, 6.07) is 6.28. The minimum absolute atomic E-state index is 0.0310. The molecule has 3 rings (SSSR count). The maximum absolute atomic E-state index is 14.1. The molecule has 1 aliphatic heterocycles. The lowest BCUT2D eigenvalue weighted by Crippen LogP contribution is -2.46. The average molecular weight is 528 g/mol. The largest absolute Gasteiger partial charge is 0.491 e. The summed E-state index contributed by atoms with van der Waals surface area (Å²) < 4.78 is 54.2. The van der Waals surface area contributed by atoms with Gasteiger partial charge in [0, 0.05) is 21.2 Å². The molecule has 1 aliphatic rings. The zero-order valence-electron chi connectivity index (χ0n) is 20.7. The number of ether oxygens (including phenoxy) is 2. The highest BCUT2D eigenvalue weighted by atomic mass is 28.3. The van der Waals surface area contributed by atoms with E-state index in [-0.39, 0.29) is 24.6 Å². The summed E-state index contributed by atoms with van der Waals surface area (Å²) in [6.45, 7) is 6.80. The first-order chi connectivity index (χ1) is 16.9. The highest BCUT2D eigenvalue weighted by molar-refractivity contribution is 6.76. The Bertz CT molecular complexity index is 1120. The van der Waals surface area contributed by atoms with Crippen molar-refractivity contribution in [2.75, 3.05) is 24.7 Å². The number of piperidine rings is 1. The molecule has 2 heterocycles. The predicted molar refractivity (Wildman–Crippen MR) is 131 cm³/mol. The first kappa shape index (κ1) is 27.7. The molecule has 0 spiro atoms. The van der Waals surface area contributed by atoms with Crippen molar-refractivity contribution in [1.29, 1.82) is 0 Å². The van der Waals surface area contributed by atoms with Crippen LogP contribution in [0.1, 0.15) is 35.2 Å². The van der Waals surface area contributed by atoms with Crippen molar-refractivity contribution in [3.8, 4) is 5.75 Å². The van der Waals surface area contributed by atoms with Gasteiger partial charge in [0.2, 0.25) is 0 Å². The normalized spacial score (nSPS) is 16.7. The monoisotopic (exact) mass is 527 g/mol. The Balaban J connectivity index is 1.82. The molecule has 1 unspecified atom stereocenters. The van der Waals surface area contributed by atoms with Crippen molar-refractivity contribution in [1.82, 2.24) is 9.78 Å². The second kappa shape index (κ2) is 11.5. The van der Waals surface area contributed by atoms with Gasteiger partial charge in [-0.25, -0.2) is 9.48 Å². The number of anilines is 1. The summed E-state index contributed by atoms with van der Waals surface area (Å²) in [7, 11) is -1.39. The van der Waals surface area contributed by atoms with E-state index in [4.69, 9.17) is 14.6 Å². The van der Waals surface area contributed by atoms with Crippen LogP contribution in [-0.2, 0) is 17.6 Å². The van der Waals surface area contributed by atoms with Crippen LogP contribution in [0.3, 0.4) is 0 Å². The highest BCUT2D eigenvalue weighted by Crippen LogP contribution is 2.36. The van der Waals surface area contributed by atoms with Crippen LogP contribution < -0.4 is 15.2 Å². The van der Waals surface area contributed by atoms with Gasteiger partial charge in [0.25, 0.3) is 5.56 Å². The number of alkyl halides is 3. The molecule has 1 atom stereocenters. The summed E-state index contributed by atoms with van der Waals surface area (Å²) in [4.78, 5) is 25.6. The van der Waals surface area contributed by atoms with Gasteiger partial charge in [-0.05, 0) is 43.5 Å². The first-order valence-electron chi connectivity index (χ1n) is 11.8. The summed E-state index contributed by atoms with van der Waals surface area (Å²) in [6.07, 6.45) is -1.80. The van der Waals surface area contributed by atoms with Crippen molar-refractivity contribution >= 4 is 19.7 Å². The molecular weight excluding hydrogens is 495 g/mol. The van der Waals surface area contributed by atoms with Gasteiger partial charge in [-0.3, -0.25) is 4.79 Å². The Labute approximate surface area is 208 Å². The molecule has 0 saturated carbocycles. The van der Waals surface area contributed by atoms with E-state index in [1.165, 1.54) is 23.1 Å². The second-order valence-electron chi connectivity index (χ2n) is 10.0.